The van der Waals surface area contributed by atoms with Crippen LogP contribution in [0.1, 0.15) is 29.0 Å². The lowest BCUT2D eigenvalue weighted by Crippen LogP contribution is -2.19. The molecule has 1 aromatic carbocycles. The number of hydrogen-bond acceptors (Lipinski definition) is 4. The van der Waals surface area contributed by atoms with E-state index in [1.165, 1.54) is 0 Å². The molecule has 0 aliphatic rings. The van der Waals surface area contributed by atoms with Crippen LogP contribution in [0.2, 0.25) is 0 Å². The predicted octanol–water partition coefficient (Wildman–Crippen LogP) is 1.52. The van der Waals surface area contributed by atoms with Crippen LogP contribution < -0.4 is 15.4 Å². The van der Waals surface area contributed by atoms with Gasteiger partial charge in [0, 0.05) is 24.8 Å². The monoisotopic (exact) mass is 288 g/mol. The molecule has 0 aliphatic heterocycles. The highest BCUT2D eigenvalue weighted by Gasteiger charge is 2.17. The summed E-state index contributed by atoms with van der Waals surface area (Å²) in [5.41, 5.74) is 2.25. The van der Waals surface area contributed by atoms with E-state index in [2.05, 4.69) is 15.7 Å². The summed E-state index contributed by atoms with van der Waals surface area (Å²) in [6.45, 7) is 2.05. The van der Waals surface area contributed by atoms with E-state index in [4.69, 9.17) is 4.74 Å². The molecule has 2 aromatic rings. The fraction of sp³-hybridized carbons (Fsp3) is 0.333. The maximum absolute atomic E-state index is 11.6. The Labute approximate surface area is 124 Å². The average Bonchev–Trinajstić information content (AvgIpc) is 3.02. The standard InChI is InChI=1S/C15H20N4O2/c1-10(16-2)14-12(6-5-7-13(14)21-4)19-9-8-11(18-19)15(20)17-3/h5-10,16H,1-4H3,(H,17,20). The van der Waals surface area contributed by atoms with E-state index in [1.54, 1.807) is 31.1 Å². The Morgan fingerprint density at radius 1 is 1.33 bits per heavy atom. The normalized spacial score (nSPS) is 12.0. The summed E-state index contributed by atoms with van der Waals surface area (Å²) in [5.74, 6) is 0.575. The van der Waals surface area contributed by atoms with E-state index >= 15 is 0 Å². The van der Waals surface area contributed by atoms with Crippen molar-refractivity contribution in [3.8, 4) is 11.4 Å². The summed E-state index contributed by atoms with van der Waals surface area (Å²) in [4.78, 5) is 11.6. The summed E-state index contributed by atoms with van der Waals surface area (Å²) in [6, 6.07) is 7.54. The number of amides is 1. The minimum Gasteiger partial charge on any atom is -0.496 e. The van der Waals surface area contributed by atoms with Gasteiger partial charge in [-0.1, -0.05) is 6.07 Å². The van der Waals surface area contributed by atoms with Gasteiger partial charge in [-0.3, -0.25) is 4.79 Å². The maximum atomic E-state index is 11.6. The molecule has 0 fully saturated rings. The number of aromatic nitrogens is 2. The van der Waals surface area contributed by atoms with Gasteiger partial charge in [0.15, 0.2) is 5.69 Å². The molecule has 2 N–H and O–H groups in total. The fourth-order valence-electron chi connectivity index (χ4n) is 2.20. The lowest BCUT2D eigenvalue weighted by atomic mass is 10.0. The Kier molecular flexibility index (Phi) is 4.59. The molecule has 0 bridgehead atoms. The smallest absolute Gasteiger partial charge is 0.271 e. The predicted molar refractivity (Wildman–Crippen MR) is 81.0 cm³/mol. The number of ether oxygens (including phenoxy) is 1. The number of nitrogens with one attached hydrogen (secondary N) is 2. The Balaban J connectivity index is 2.53. The van der Waals surface area contributed by atoms with Gasteiger partial charge in [0.1, 0.15) is 5.75 Å². The third-order valence-corrected chi connectivity index (χ3v) is 3.42. The number of carbonyl (C=O) groups excluding carboxylic acids is 1. The molecule has 1 amide bonds. The van der Waals surface area contributed by atoms with Crippen molar-refractivity contribution in [1.82, 2.24) is 20.4 Å². The molecule has 21 heavy (non-hydrogen) atoms. The molecule has 112 valence electrons. The Bertz CT molecular complexity index is 636. The number of methoxy groups -OCH3 is 1. The number of nitrogens with zero attached hydrogens (tertiary/aromatic N) is 2. The van der Waals surface area contributed by atoms with Gasteiger partial charge in [-0.05, 0) is 32.2 Å². The number of rotatable bonds is 5. The maximum Gasteiger partial charge on any atom is 0.271 e. The van der Waals surface area contributed by atoms with Gasteiger partial charge in [-0.25, -0.2) is 4.68 Å². The minimum absolute atomic E-state index is 0.0869. The summed E-state index contributed by atoms with van der Waals surface area (Å²) in [5, 5.41) is 10.1. The zero-order valence-corrected chi connectivity index (χ0v) is 12.7. The molecule has 1 atom stereocenters. The molecule has 0 spiro atoms. The van der Waals surface area contributed by atoms with Crippen LogP contribution in [0.4, 0.5) is 0 Å². The number of benzene rings is 1. The largest absolute Gasteiger partial charge is 0.496 e. The topological polar surface area (TPSA) is 68.2 Å². The van der Waals surface area contributed by atoms with Crippen molar-refractivity contribution in [3.63, 3.8) is 0 Å². The molecule has 0 radical (unpaired) electrons. The second kappa shape index (κ2) is 6.41. The molecule has 0 saturated carbocycles. The zero-order chi connectivity index (χ0) is 15.4. The molecular formula is C15H20N4O2. The van der Waals surface area contributed by atoms with Gasteiger partial charge in [-0.2, -0.15) is 5.10 Å². The van der Waals surface area contributed by atoms with Crippen LogP contribution in [-0.2, 0) is 0 Å². The van der Waals surface area contributed by atoms with Crippen LogP contribution >= 0.6 is 0 Å². The number of carbonyl (C=O) groups is 1. The van der Waals surface area contributed by atoms with Crippen molar-refractivity contribution >= 4 is 5.91 Å². The first-order valence-electron chi connectivity index (χ1n) is 6.74. The summed E-state index contributed by atoms with van der Waals surface area (Å²) in [6.07, 6.45) is 1.77. The van der Waals surface area contributed by atoms with Crippen LogP contribution in [-0.4, -0.2) is 36.9 Å². The fourth-order valence-corrected chi connectivity index (χ4v) is 2.20. The number of hydrogen-bond donors (Lipinski definition) is 2. The Morgan fingerprint density at radius 3 is 2.71 bits per heavy atom. The van der Waals surface area contributed by atoms with E-state index in [1.807, 2.05) is 32.2 Å². The molecular weight excluding hydrogens is 268 g/mol. The van der Waals surface area contributed by atoms with Crippen molar-refractivity contribution in [1.29, 1.82) is 0 Å². The summed E-state index contributed by atoms with van der Waals surface area (Å²) in [7, 11) is 5.12. The van der Waals surface area contributed by atoms with Gasteiger partial charge in [0.25, 0.3) is 5.91 Å². The van der Waals surface area contributed by atoms with E-state index in [0.717, 1.165) is 17.0 Å². The van der Waals surface area contributed by atoms with Gasteiger partial charge < -0.3 is 15.4 Å². The van der Waals surface area contributed by atoms with Crippen LogP contribution in [0, 0.1) is 0 Å². The first-order chi connectivity index (χ1) is 10.1. The average molecular weight is 288 g/mol. The zero-order valence-electron chi connectivity index (χ0n) is 12.7. The van der Waals surface area contributed by atoms with E-state index in [-0.39, 0.29) is 11.9 Å². The van der Waals surface area contributed by atoms with Crippen LogP contribution in [0.15, 0.2) is 30.5 Å². The molecule has 6 nitrogen and oxygen atoms in total. The summed E-state index contributed by atoms with van der Waals surface area (Å²) >= 11 is 0. The van der Waals surface area contributed by atoms with Crippen LogP contribution in [0.5, 0.6) is 5.75 Å². The Hall–Kier alpha value is -2.34. The third-order valence-electron chi connectivity index (χ3n) is 3.42. The Morgan fingerprint density at radius 2 is 2.10 bits per heavy atom. The second-order valence-electron chi connectivity index (χ2n) is 4.63. The van der Waals surface area contributed by atoms with Gasteiger partial charge in [0.05, 0.1) is 12.8 Å². The van der Waals surface area contributed by atoms with Crippen molar-refractivity contribution in [2.24, 2.45) is 0 Å². The van der Waals surface area contributed by atoms with Crippen molar-refractivity contribution in [3.05, 3.63) is 41.7 Å². The molecule has 2 rings (SSSR count). The first-order valence-corrected chi connectivity index (χ1v) is 6.74. The second-order valence-corrected chi connectivity index (χ2v) is 4.63. The van der Waals surface area contributed by atoms with Gasteiger partial charge in [0.2, 0.25) is 0 Å². The van der Waals surface area contributed by atoms with Crippen LogP contribution in [0.3, 0.4) is 0 Å². The quantitative estimate of drug-likeness (QED) is 0.875. The molecule has 6 heteroatoms. The van der Waals surface area contributed by atoms with Crippen molar-refractivity contribution in [2.75, 3.05) is 21.2 Å². The van der Waals surface area contributed by atoms with Crippen molar-refractivity contribution < 1.29 is 9.53 Å². The lowest BCUT2D eigenvalue weighted by Gasteiger charge is -2.19. The molecule has 1 unspecified atom stereocenters. The van der Waals surface area contributed by atoms with Gasteiger partial charge >= 0.3 is 0 Å². The lowest BCUT2D eigenvalue weighted by molar-refractivity contribution is 0.0957. The molecule has 1 aromatic heterocycles. The highest BCUT2D eigenvalue weighted by Crippen LogP contribution is 2.30. The first kappa shape index (κ1) is 15.1. The third kappa shape index (κ3) is 2.90. The van der Waals surface area contributed by atoms with Crippen LogP contribution in [0.25, 0.3) is 5.69 Å². The van der Waals surface area contributed by atoms with Crippen molar-refractivity contribution in [2.45, 2.75) is 13.0 Å². The van der Waals surface area contributed by atoms with E-state index < -0.39 is 0 Å². The molecule has 1 heterocycles. The molecule has 0 saturated heterocycles. The highest BCUT2D eigenvalue weighted by atomic mass is 16.5. The molecule has 0 aliphatic carbocycles. The summed E-state index contributed by atoms with van der Waals surface area (Å²) < 4.78 is 7.14. The van der Waals surface area contributed by atoms with E-state index in [9.17, 15) is 4.79 Å². The minimum atomic E-state index is -0.208. The van der Waals surface area contributed by atoms with E-state index in [0.29, 0.717) is 5.69 Å². The highest BCUT2D eigenvalue weighted by molar-refractivity contribution is 5.91. The SMILES string of the molecule is CNC(=O)c1ccn(-c2cccc(OC)c2C(C)NC)n1. The van der Waals surface area contributed by atoms with Gasteiger partial charge in [-0.15, -0.1) is 0 Å².